The lowest BCUT2D eigenvalue weighted by Gasteiger charge is -2.43. The molecule has 33 heavy (non-hydrogen) atoms. The Labute approximate surface area is 189 Å². The fourth-order valence-corrected chi connectivity index (χ4v) is 4.48. The van der Waals surface area contributed by atoms with Crippen LogP contribution in [-0.4, -0.2) is 64.2 Å². The number of methoxy groups -OCH3 is 1. The van der Waals surface area contributed by atoms with E-state index in [9.17, 15) is 9.59 Å². The van der Waals surface area contributed by atoms with Crippen molar-refractivity contribution in [3.8, 4) is 11.9 Å². The first-order valence-corrected chi connectivity index (χ1v) is 10.7. The van der Waals surface area contributed by atoms with Crippen LogP contribution in [0.15, 0.2) is 36.7 Å². The van der Waals surface area contributed by atoms with Gasteiger partial charge in [0.15, 0.2) is 0 Å². The van der Waals surface area contributed by atoms with E-state index in [0.29, 0.717) is 30.8 Å². The lowest BCUT2D eigenvalue weighted by atomic mass is 10.0. The number of fused-ring (bicyclic) bond motifs is 1. The number of anilines is 1. The van der Waals surface area contributed by atoms with Gasteiger partial charge in [-0.05, 0) is 30.5 Å². The predicted molar refractivity (Wildman–Crippen MR) is 118 cm³/mol. The molecule has 0 unspecified atom stereocenters. The quantitative estimate of drug-likeness (QED) is 0.606. The van der Waals surface area contributed by atoms with Crippen molar-refractivity contribution in [2.75, 3.05) is 31.6 Å². The zero-order chi connectivity index (χ0) is 23.0. The molecule has 3 aromatic rings. The number of aromatic nitrogens is 3. The summed E-state index contributed by atoms with van der Waals surface area (Å²) in [4.78, 5) is 40.4. The summed E-state index contributed by atoms with van der Waals surface area (Å²) in [6, 6.07) is 11.0. The van der Waals surface area contributed by atoms with Crippen molar-refractivity contribution in [2.45, 2.75) is 24.8 Å². The molecule has 1 spiro atoms. The standard InChI is InChI=1S/C23H22N6O4/c1-32-22(31)33-18-11-17-20(27-18)25-14-26-21(17)28-7-8-29(23(13-28)5-6-23)19(30)10-15-3-2-4-16(9-15)12-24/h2-4,9,11,14H,5-8,10,13H2,1H3,(H,25,26,27). The Morgan fingerprint density at radius 3 is 2.85 bits per heavy atom. The number of carbonyl (C=O) groups is 2. The first-order valence-electron chi connectivity index (χ1n) is 10.7. The second-order valence-electron chi connectivity index (χ2n) is 8.33. The summed E-state index contributed by atoms with van der Waals surface area (Å²) in [5.41, 5.74) is 1.75. The highest BCUT2D eigenvalue weighted by Gasteiger charge is 2.53. The number of rotatable bonds is 4. The van der Waals surface area contributed by atoms with Crippen LogP contribution in [0.25, 0.3) is 11.0 Å². The Balaban J connectivity index is 1.34. The van der Waals surface area contributed by atoms with Gasteiger partial charge in [-0.25, -0.2) is 14.8 Å². The average Bonchev–Trinajstić information content (AvgIpc) is 3.45. The third kappa shape index (κ3) is 3.93. The molecule has 3 heterocycles. The van der Waals surface area contributed by atoms with Crippen molar-refractivity contribution in [1.82, 2.24) is 19.9 Å². The van der Waals surface area contributed by atoms with E-state index < -0.39 is 6.16 Å². The molecule has 1 saturated heterocycles. The molecule has 1 amide bonds. The molecular weight excluding hydrogens is 424 g/mol. The Morgan fingerprint density at radius 2 is 2.09 bits per heavy atom. The Kier molecular flexibility index (Phi) is 5.09. The molecule has 1 N–H and O–H groups in total. The number of hydrogen-bond acceptors (Lipinski definition) is 8. The van der Waals surface area contributed by atoms with E-state index >= 15 is 0 Å². The van der Waals surface area contributed by atoms with Crippen LogP contribution in [0.1, 0.15) is 24.0 Å². The Morgan fingerprint density at radius 1 is 1.24 bits per heavy atom. The number of ether oxygens (including phenoxy) is 2. The first kappa shape index (κ1) is 20.8. The predicted octanol–water partition coefficient (Wildman–Crippen LogP) is 2.40. The van der Waals surface area contributed by atoms with E-state index in [2.05, 4.69) is 30.7 Å². The Bertz CT molecular complexity index is 1280. The van der Waals surface area contributed by atoms with E-state index in [-0.39, 0.29) is 23.7 Å². The van der Waals surface area contributed by atoms with Gasteiger partial charge in [-0.15, -0.1) is 0 Å². The zero-order valence-corrected chi connectivity index (χ0v) is 18.1. The van der Waals surface area contributed by atoms with Crippen LogP contribution in [0.2, 0.25) is 0 Å². The van der Waals surface area contributed by atoms with Crippen LogP contribution in [0.3, 0.4) is 0 Å². The van der Waals surface area contributed by atoms with Crippen LogP contribution < -0.4 is 9.64 Å². The van der Waals surface area contributed by atoms with Gasteiger partial charge in [0, 0.05) is 25.7 Å². The lowest BCUT2D eigenvalue weighted by molar-refractivity contribution is -0.134. The molecule has 1 aromatic carbocycles. The van der Waals surface area contributed by atoms with Gasteiger partial charge in [0.1, 0.15) is 17.8 Å². The third-order valence-electron chi connectivity index (χ3n) is 6.23. The molecule has 0 radical (unpaired) electrons. The fraction of sp³-hybridized carbons (Fsp3) is 0.348. The van der Waals surface area contributed by atoms with Gasteiger partial charge in [0.2, 0.25) is 11.8 Å². The van der Waals surface area contributed by atoms with Crippen LogP contribution in [-0.2, 0) is 16.0 Å². The van der Waals surface area contributed by atoms with Gasteiger partial charge in [-0.1, -0.05) is 12.1 Å². The van der Waals surface area contributed by atoms with Gasteiger partial charge in [-0.2, -0.15) is 5.26 Å². The number of amides is 1. The maximum Gasteiger partial charge on any atom is 0.514 e. The van der Waals surface area contributed by atoms with Gasteiger partial charge in [0.05, 0.1) is 36.1 Å². The van der Waals surface area contributed by atoms with E-state index in [1.807, 2.05) is 11.0 Å². The van der Waals surface area contributed by atoms with E-state index in [4.69, 9.17) is 10.00 Å². The summed E-state index contributed by atoms with van der Waals surface area (Å²) in [6.07, 6.45) is 2.80. The lowest BCUT2D eigenvalue weighted by Crippen LogP contribution is -2.57. The monoisotopic (exact) mass is 446 g/mol. The molecule has 10 heteroatoms. The number of carbonyl (C=O) groups excluding carboxylic acids is 2. The van der Waals surface area contributed by atoms with Gasteiger partial charge in [0.25, 0.3) is 0 Å². The molecular formula is C23H22N6O4. The maximum absolute atomic E-state index is 13.1. The van der Waals surface area contributed by atoms with E-state index in [1.54, 1.807) is 24.3 Å². The molecule has 2 fully saturated rings. The van der Waals surface area contributed by atoms with Gasteiger partial charge in [-0.3, -0.25) is 4.79 Å². The van der Waals surface area contributed by atoms with E-state index in [1.165, 1.54) is 13.4 Å². The molecule has 2 aromatic heterocycles. The molecule has 1 aliphatic heterocycles. The molecule has 0 bridgehead atoms. The van der Waals surface area contributed by atoms with Crippen molar-refractivity contribution in [3.05, 3.63) is 47.8 Å². The summed E-state index contributed by atoms with van der Waals surface area (Å²) < 4.78 is 9.63. The van der Waals surface area contributed by atoms with E-state index in [0.717, 1.165) is 29.6 Å². The minimum atomic E-state index is -0.819. The molecule has 2 aliphatic rings. The minimum Gasteiger partial charge on any atom is -0.437 e. The third-order valence-corrected chi connectivity index (χ3v) is 6.23. The summed E-state index contributed by atoms with van der Waals surface area (Å²) in [7, 11) is 1.24. The molecule has 10 nitrogen and oxygen atoms in total. The number of nitrogens with zero attached hydrogens (tertiary/aromatic N) is 5. The van der Waals surface area contributed by atoms with Crippen molar-refractivity contribution in [1.29, 1.82) is 5.26 Å². The zero-order valence-electron chi connectivity index (χ0n) is 18.1. The van der Waals surface area contributed by atoms with Crippen LogP contribution in [0.4, 0.5) is 10.6 Å². The Hall–Kier alpha value is -4.13. The second-order valence-corrected chi connectivity index (χ2v) is 8.33. The number of benzene rings is 1. The van der Waals surface area contributed by atoms with Crippen LogP contribution in [0, 0.1) is 11.3 Å². The minimum absolute atomic E-state index is 0.0745. The number of aromatic amines is 1. The highest BCUT2D eigenvalue weighted by Crippen LogP contribution is 2.45. The molecule has 1 saturated carbocycles. The number of piperazine rings is 1. The number of nitriles is 1. The van der Waals surface area contributed by atoms with Crippen molar-refractivity contribution in [3.63, 3.8) is 0 Å². The molecule has 5 rings (SSSR count). The van der Waals surface area contributed by atoms with Crippen molar-refractivity contribution in [2.24, 2.45) is 0 Å². The number of H-pyrrole nitrogens is 1. The largest absolute Gasteiger partial charge is 0.514 e. The normalized spacial score (nSPS) is 16.5. The van der Waals surface area contributed by atoms with Crippen LogP contribution in [0.5, 0.6) is 5.88 Å². The topological polar surface area (TPSA) is 124 Å². The van der Waals surface area contributed by atoms with Crippen molar-refractivity contribution < 1.29 is 19.1 Å². The summed E-state index contributed by atoms with van der Waals surface area (Å²) >= 11 is 0. The second kappa shape index (κ2) is 8.09. The first-order chi connectivity index (χ1) is 16.0. The average molecular weight is 446 g/mol. The number of hydrogen-bond donors (Lipinski definition) is 1. The van der Waals surface area contributed by atoms with Crippen molar-refractivity contribution >= 4 is 28.9 Å². The highest BCUT2D eigenvalue weighted by molar-refractivity contribution is 5.90. The smallest absolute Gasteiger partial charge is 0.437 e. The SMILES string of the molecule is COC(=O)Oc1cc2c(N3CCN(C(=O)Cc4cccc(C#N)c4)C4(CC4)C3)ncnc2[nH]1. The summed E-state index contributed by atoms with van der Waals surface area (Å²) in [5.74, 6) is 1.04. The van der Waals surface area contributed by atoms with Gasteiger partial charge < -0.3 is 24.3 Å². The fourth-order valence-electron chi connectivity index (χ4n) is 4.48. The molecule has 0 atom stereocenters. The molecule has 168 valence electrons. The highest BCUT2D eigenvalue weighted by atomic mass is 16.7. The summed E-state index contributed by atoms with van der Waals surface area (Å²) in [6.45, 7) is 1.87. The maximum atomic E-state index is 13.1. The molecule has 1 aliphatic carbocycles. The number of nitrogens with one attached hydrogen (secondary N) is 1. The summed E-state index contributed by atoms with van der Waals surface area (Å²) in [5, 5.41) is 9.85. The van der Waals surface area contributed by atoms with Gasteiger partial charge >= 0.3 is 6.16 Å². The van der Waals surface area contributed by atoms with Crippen LogP contribution >= 0.6 is 0 Å².